The third kappa shape index (κ3) is 4.89. The van der Waals surface area contributed by atoms with E-state index < -0.39 is 5.97 Å². The first kappa shape index (κ1) is 16.0. The Kier molecular flexibility index (Phi) is 5.99. The molecular formula is C14H21N3O3. The number of nitrogens with zero attached hydrogens (tertiary/aromatic N) is 1. The number of benzene rings is 1. The van der Waals surface area contributed by atoms with Gasteiger partial charge in [-0.25, -0.2) is 0 Å². The summed E-state index contributed by atoms with van der Waals surface area (Å²) < 4.78 is 0. The Bertz CT molecular complexity index is 459. The molecule has 0 saturated heterocycles. The Balaban J connectivity index is 2.62. The molecule has 1 amide bonds. The van der Waals surface area contributed by atoms with E-state index >= 15 is 0 Å². The number of hydrogen-bond acceptors (Lipinski definition) is 4. The van der Waals surface area contributed by atoms with Crippen LogP contribution >= 0.6 is 0 Å². The molecule has 1 rings (SSSR count). The van der Waals surface area contributed by atoms with Crippen LogP contribution in [0.5, 0.6) is 0 Å². The van der Waals surface area contributed by atoms with E-state index in [-0.39, 0.29) is 18.4 Å². The molecule has 1 aromatic rings. The molecule has 0 spiro atoms. The first-order valence-electron chi connectivity index (χ1n) is 6.52. The highest BCUT2D eigenvalue weighted by Crippen LogP contribution is 2.12. The van der Waals surface area contributed by atoms with Crippen LogP contribution in [0.3, 0.4) is 0 Å². The maximum atomic E-state index is 12.2. The molecule has 0 aliphatic carbocycles. The van der Waals surface area contributed by atoms with E-state index in [1.54, 1.807) is 36.2 Å². The first-order valence-corrected chi connectivity index (χ1v) is 6.52. The number of likely N-dealkylation sites (N-methyl/N-ethyl adjacent to an activating group) is 1. The summed E-state index contributed by atoms with van der Waals surface area (Å²) in [6.07, 6.45) is 0.624. The van der Waals surface area contributed by atoms with E-state index in [9.17, 15) is 9.59 Å². The molecule has 0 saturated carbocycles. The minimum Gasteiger partial charge on any atom is -0.481 e. The summed E-state index contributed by atoms with van der Waals surface area (Å²) in [7, 11) is 1.75. The molecule has 20 heavy (non-hydrogen) atoms. The van der Waals surface area contributed by atoms with Gasteiger partial charge in [0.1, 0.15) is 0 Å². The first-order chi connectivity index (χ1) is 9.43. The molecule has 6 heteroatoms. The van der Waals surface area contributed by atoms with E-state index in [0.29, 0.717) is 24.3 Å². The normalized spacial score (nSPS) is 12.2. The number of anilines is 2. The van der Waals surface area contributed by atoms with Gasteiger partial charge in [0.2, 0.25) is 5.91 Å². The third-order valence-corrected chi connectivity index (χ3v) is 3.08. The number of nitrogen functional groups attached to an aromatic ring is 1. The number of hydrogen-bond donors (Lipinski definition) is 3. The molecule has 0 heterocycles. The lowest BCUT2D eigenvalue weighted by Crippen LogP contribution is -2.42. The van der Waals surface area contributed by atoms with Crippen molar-refractivity contribution in [1.82, 2.24) is 4.90 Å². The van der Waals surface area contributed by atoms with Crippen LogP contribution < -0.4 is 11.1 Å². The van der Waals surface area contributed by atoms with Crippen molar-refractivity contribution in [3.8, 4) is 0 Å². The fourth-order valence-corrected chi connectivity index (χ4v) is 1.92. The van der Waals surface area contributed by atoms with Gasteiger partial charge in [0.25, 0.3) is 0 Å². The molecule has 0 bridgehead atoms. The highest BCUT2D eigenvalue weighted by molar-refractivity contribution is 5.94. The topological polar surface area (TPSA) is 95.7 Å². The van der Waals surface area contributed by atoms with Crippen LogP contribution in [0.4, 0.5) is 11.4 Å². The monoisotopic (exact) mass is 279 g/mol. The van der Waals surface area contributed by atoms with Crippen LogP contribution in [-0.2, 0) is 9.59 Å². The van der Waals surface area contributed by atoms with Gasteiger partial charge >= 0.3 is 5.97 Å². The zero-order valence-electron chi connectivity index (χ0n) is 11.8. The second-order valence-electron chi connectivity index (χ2n) is 4.66. The van der Waals surface area contributed by atoms with Crippen LogP contribution in [0.25, 0.3) is 0 Å². The highest BCUT2D eigenvalue weighted by Gasteiger charge is 2.21. The highest BCUT2D eigenvalue weighted by atomic mass is 16.4. The maximum absolute atomic E-state index is 12.2. The number of carbonyl (C=O) groups excluding carboxylic acids is 1. The lowest BCUT2D eigenvalue weighted by Gasteiger charge is -2.25. The number of nitrogens with one attached hydrogen (secondary N) is 1. The van der Waals surface area contributed by atoms with Crippen LogP contribution in [0, 0.1) is 0 Å². The predicted octanol–water partition coefficient (Wildman–Crippen LogP) is 1.39. The Labute approximate surface area is 118 Å². The largest absolute Gasteiger partial charge is 0.481 e. The summed E-state index contributed by atoms with van der Waals surface area (Å²) >= 11 is 0. The van der Waals surface area contributed by atoms with Gasteiger partial charge in [-0.15, -0.1) is 0 Å². The number of carboxylic acids is 1. The molecule has 0 aliphatic heterocycles. The maximum Gasteiger partial charge on any atom is 0.304 e. The molecule has 0 radical (unpaired) electrons. The van der Waals surface area contributed by atoms with Gasteiger partial charge in [0.05, 0.1) is 12.5 Å². The summed E-state index contributed by atoms with van der Waals surface area (Å²) in [6, 6.07) is 6.54. The second kappa shape index (κ2) is 7.49. The number of rotatable bonds is 7. The van der Waals surface area contributed by atoms with Crippen molar-refractivity contribution in [2.75, 3.05) is 24.6 Å². The fourth-order valence-electron chi connectivity index (χ4n) is 1.92. The number of amides is 1. The summed E-state index contributed by atoms with van der Waals surface area (Å²) in [5, 5.41) is 11.5. The molecule has 0 fully saturated rings. The quantitative estimate of drug-likeness (QED) is 0.656. The standard InChI is InChI=1S/C14H21N3O3/c1-3-12(17(2)9-8-13(18)19)14(20)16-11-6-4-10(15)5-7-11/h4-7,12H,3,8-9,15H2,1-2H3,(H,16,20)(H,18,19). The minimum atomic E-state index is -0.870. The number of carbonyl (C=O) groups is 2. The Morgan fingerprint density at radius 3 is 2.45 bits per heavy atom. The van der Waals surface area contributed by atoms with Gasteiger partial charge in [0, 0.05) is 17.9 Å². The van der Waals surface area contributed by atoms with Crippen molar-refractivity contribution in [1.29, 1.82) is 0 Å². The van der Waals surface area contributed by atoms with Gasteiger partial charge in [0.15, 0.2) is 0 Å². The van der Waals surface area contributed by atoms with Crippen molar-refractivity contribution in [2.45, 2.75) is 25.8 Å². The van der Waals surface area contributed by atoms with Gasteiger partial charge in [-0.3, -0.25) is 14.5 Å². The predicted molar refractivity (Wildman–Crippen MR) is 78.4 cm³/mol. The molecular weight excluding hydrogens is 258 g/mol. The van der Waals surface area contributed by atoms with Crippen molar-refractivity contribution >= 4 is 23.3 Å². The average molecular weight is 279 g/mol. The van der Waals surface area contributed by atoms with E-state index in [1.807, 2.05) is 6.92 Å². The van der Waals surface area contributed by atoms with Crippen LogP contribution in [0.2, 0.25) is 0 Å². The SMILES string of the molecule is CCC(C(=O)Nc1ccc(N)cc1)N(C)CCC(=O)O. The zero-order valence-corrected chi connectivity index (χ0v) is 11.8. The third-order valence-electron chi connectivity index (χ3n) is 3.08. The Hall–Kier alpha value is -2.08. The molecule has 1 unspecified atom stereocenters. The molecule has 1 atom stereocenters. The molecule has 0 aromatic heterocycles. The van der Waals surface area contributed by atoms with E-state index in [0.717, 1.165) is 0 Å². The Morgan fingerprint density at radius 1 is 1.35 bits per heavy atom. The molecule has 0 aliphatic rings. The summed E-state index contributed by atoms with van der Waals surface area (Å²) in [6.45, 7) is 2.23. The number of aliphatic carboxylic acids is 1. The molecule has 4 N–H and O–H groups in total. The second-order valence-corrected chi connectivity index (χ2v) is 4.66. The minimum absolute atomic E-state index is 0.0160. The van der Waals surface area contributed by atoms with Gasteiger partial charge in [-0.1, -0.05) is 6.92 Å². The summed E-state index contributed by atoms with van der Waals surface area (Å²) in [4.78, 5) is 24.5. The van der Waals surface area contributed by atoms with Crippen LogP contribution in [0.15, 0.2) is 24.3 Å². The lowest BCUT2D eigenvalue weighted by atomic mass is 10.1. The number of carboxylic acid groups (broad SMARTS) is 1. The van der Waals surface area contributed by atoms with Crippen LogP contribution in [0.1, 0.15) is 19.8 Å². The molecule has 1 aromatic carbocycles. The van der Waals surface area contributed by atoms with Gasteiger partial charge in [-0.05, 0) is 37.7 Å². The van der Waals surface area contributed by atoms with E-state index in [1.165, 1.54) is 0 Å². The smallest absolute Gasteiger partial charge is 0.304 e. The van der Waals surface area contributed by atoms with Crippen LogP contribution in [-0.4, -0.2) is 41.5 Å². The van der Waals surface area contributed by atoms with Crippen molar-refractivity contribution in [3.05, 3.63) is 24.3 Å². The van der Waals surface area contributed by atoms with Gasteiger partial charge in [-0.2, -0.15) is 0 Å². The lowest BCUT2D eigenvalue weighted by molar-refractivity contribution is -0.137. The van der Waals surface area contributed by atoms with E-state index in [2.05, 4.69) is 5.32 Å². The zero-order chi connectivity index (χ0) is 15.1. The number of nitrogens with two attached hydrogens (primary N) is 1. The summed E-state index contributed by atoms with van der Waals surface area (Å²) in [5.74, 6) is -1.02. The van der Waals surface area contributed by atoms with Crippen molar-refractivity contribution in [3.63, 3.8) is 0 Å². The van der Waals surface area contributed by atoms with Crippen molar-refractivity contribution in [2.24, 2.45) is 0 Å². The fraction of sp³-hybridized carbons (Fsp3) is 0.429. The summed E-state index contributed by atoms with van der Waals surface area (Å²) in [5.41, 5.74) is 6.89. The average Bonchev–Trinajstić information content (AvgIpc) is 2.40. The van der Waals surface area contributed by atoms with Crippen molar-refractivity contribution < 1.29 is 14.7 Å². The Morgan fingerprint density at radius 2 is 1.95 bits per heavy atom. The molecule has 6 nitrogen and oxygen atoms in total. The van der Waals surface area contributed by atoms with Gasteiger partial charge < -0.3 is 16.2 Å². The van der Waals surface area contributed by atoms with E-state index in [4.69, 9.17) is 10.8 Å². The molecule has 110 valence electrons.